The Bertz CT molecular complexity index is 1030. The number of anilines is 1. The van der Waals surface area contributed by atoms with Crippen molar-refractivity contribution in [2.24, 2.45) is 0 Å². The summed E-state index contributed by atoms with van der Waals surface area (Å²) in [6, 6.07) is 3.18. The molecule has 1 fully saturated rings. The van der Waals surface area contributed by atoms with E-state index in [2.05, 4.69) is 24.9 Å². The number of hydrogen-bond acceptors (Lipinski definition) is 7. The van der Waals surface area contributed by atoms with Gasteiger partial charge in [-0.1, -0.05) is 6.07 Å². The molecule has 0 spiro atoms. The van der Waals surface area contributed by atoms with Crippen molar-refractivity contribution in [2.45, 2.75) is 23.1 Å². The third kappa shape index (κ3) is 3.17. The van der Waals surface area contributed by atoms with E-state index in [1.54, 1.807) is 17.5 Å². The molecule has 1 aliphatic heterocycles. The molecule has 4 rings (SSSR count). The first-order chi connectivity index (χ1) is 12.0. The molecule has 0 bridgehead atoms. The molecule has 0 atom stereocenters. The van der Waals surface area contributed by atoms with Crippen LogP contribution < -0.4 is 15.2 Å². The molecule has 0 unspecified atom stereocenters. The maximum Gasteiger partial charge on any atom is 0.263 e. The Labute approximate surface area is 147 Å². The van der Waals surface area contributed by atoms with E-state index in [0.717, 1.165) is 0 Å². The SMILES string of the molecule is O=c1[nH]c(N2CCC(NS(=O)(=O)c3cccs3)CC2)nc2[nH]ncc12. The van der Waals surface area contributed by atoms with Crippen molar-refractivity contribution in [1.82, 2.24) is 24.9 Å². The van der Waals surface area contributed by atoms with Gasteiger partial charge in [0.2, 0.25) is 16.0 Å². The lowest BCUT2D eigenvalue weighted by molar-refractivity contribution is 0.457. The summed E-state index contributed by atoms with van der Waals surface area (Å²) in [4.78, 5) is 21.1. The Morgan fingerprint density at radius 1 is 1.32 bits per heavy atom. The number of aromatic nitrogens is 4. The minimum Gasteiger partial charge on any atom is -0.342 e. The molecule has 3 N–H and O–H groups in total. The summed E-state index contributed by atoms with van der Waals surface area (Å²) in [6.07, 6.45) is 2.71. The number of fused-ring (bicyclic) bond motifs is 1. The molecule has 0 radical (unpaired) electrons. The molecule has 1 aliphatic rings. The first kappa shape index (κ1) is 16.2. The zero-order chi connectivity index (χ0) is 17.4. The second-order valence-corrected chi connectivity index (χ2v) is 8.73. The Kier molecular flexibility index (Phi) is 4.06. The van der Waals surface area contributed by atoms with Gasteiger partial charge in [-0.2, -0.15) is 10.1 Å². The monoisotopic (exact) mass is 380 g/mol. The average Bonchev–Trinajstić information content (AvgIpc) is 3.27. The van der Waals surface area contributed by atoms with Gasteiger partial charge in [-0.05, 0) is 24.3 Å². The summed E-state index contributed by atoms with van der Waals surface area (Å²) in [7, 11) is -3.46. The van der Waals surface area contributed by atoms with Crippen molar-refractivity contribution in [1.29, 1.82) is 0 Å². The fraction of sp³-hybridized carbons (Fsp3) is 0.357. The van der Waals surface area contributed by atoms with Crippen LogP contribution >= 0.6 is 11.3 Å². The number of thiophene rings is 1. The average molecular weight is 380 g/mol. The van der Waals surface area contributed by atoms with Crippen molar-refractivity contribution in [3.05, 3.63) is 34.1 Å². The summed E-state index contributed by atoms with van der Waals surface area (Å²) in [5.74, 6) is 0.473. The molecule has 3 aromatic heterocycles. The van der Waals surface area contributed by atoms with Gasteiger partial charge in [-0.25, -0.2) is 13.1 Å². The van der Waals surface area contributed by atoms with Crippen LogP contribution in [0.15, 0.2) is 32.7 Å². The van der Waals surface area contributed by atoms with Gasteiger partial charge in [0, 0.05) is 19.1 Å². The first-order valence-corrected chi connectivity index (χ1v) is 10.1. The molecule has 9 nitrogen and oxygen atoms in total. The predicted molar refractivity (Wildman–Crippen MR) is 94.4 cm³/mol. The number of aromatic amines is 2. The Morgan fingerprint density at radius 3 is 2.84 bits per heavy atom. The van der Waals surface area contributed by atoms with Gasteiger partial charge >= 0.3 is 0 Å². The van der Waals surface area contributed by atoms with Crippen LogP contribution in [-0.2, 0) is 10.0 Å². The first-order valence-electron chi connectivity index (χ1n) is 7.77. The van der Waals surface area contributed by atoms with Crippen LogP contribution in [0.4, 0.5) is 5.95 Å². The molecule has 0 aliphatic carbocycles. The van der Waals surface area contributed by atoms with Crippen molar-refractivity contribution in [3.8, 4) is 0 Å². The molecule has 0 saturated carbocycles. The van der Waals surface area contributed by atoms with Crippen LogP contribution in [0.3, 0.4) is 0 Å². The fourth-order valence-electron chi connectivity index (χ4n) is 2.89. The topological polar surface area (TPSA) is 124 Å². The minimum atomic E-state index is -3.46. The van der Waals surface area contributed by atoms with Crippen molar-refractivity contribution >= 4 is 38.3 Å². The van der Waals surface area contributed by atoms with E-state index >= 15 is 0 Å². The highest BCUT2D eigenvalue weighted by molar-refractivity contribution is 7.91. The second-order valence-electron chi connectivity index (χ2n) is 5.84. The molecule has 25 heavy (non-hydrogen) atoms. The zero-order valence-corrected chi connectivity index (χ0v) is 14.7. The summed E-state index contributed by atoms with van der Waals surface area (Å²) in [5.41, 5.74) is 0.202. The molecule has 3 aromatic rings. The summed E-state index contributed by atoms with van der Waals surface area (Å²) in [5, 5.41) is 8.68. The van der Waals surface area contributed by atoms with E-state index in [1.807, 2.05) is 4.90 Å². The summed E-state index contributed by atoms with van der Waals surface area (Å²) >= 11 is 1.20. The maximum atomic E-state index is 12.3. The third-order valence-corrected chi connectivity index (χ3v) is 7.10. The fourth-order valence-corrected chi connectivity index (χ4v) is 5.20. The van der Waals surface area contributed by atoms with Gasteiger partial charge in [-0.3, -0.25) is 14.9 Å². The van der Waals surface area contributed by atoms with Gasteiger partial charge in [0.15, 0.2) is 5.65 Å². The van der Waals surface area contributed by atoms with Gasteiger partial charge in [0.05, 0.1) is 6.20 Å². The highest BCUT2D eigenvalue weighted by Gasteiger charge is 2.26. The third-order valence-electron chi connectivity index (χ3n) is 4.18. The van der Waals surface area contributed by atoms with Crippen molar-refractivity contribution < 1.29 is 8.42 Å². The van der Waals surface area contributed by atoms with Gasteiger partial charge in [0.1, 0.15) is 9.60 Å². The lowest BCUT2D eigenvalue weighted by Gasteiger charge is -2.32. The van der Waals surface area contributed by atoms with Gasteiger partial charge < -0.3 is 4.90 Å². The lowest BCUT2D eigenvalue weighted by atomic mass is 10.1. The molecule has 1 saturated heterocycles. The number of H-pyrrole nitrogens is 2. The molecule has 0 amide bonds. The molecule has 4 heterocycles. The van der Waals surface area contributed by atoms with E-state index < -0.39 is 10.0 Å². The number of nitrogens with one attached hydrogen (secondary N) is 3. The number of hydrogen-bond donors (Lipinski definition) is 3. The molecule has 11 heteroatoms. The Morgan fingerprint density at radius 2 is 2.12 bits per heavy atom. The largest absolute Gasteiger partial charge is 0.342 e. The van der Waals surface area contributed by atoms with E-state index in [-0.39, 0.29) is 11.6 Å². The number of rotatable bonds is 4. The number of sulfonamides is 1. The highest BCUT2D eigenvalue weighted by atomic mass is 32.2. The molecular formula is C14H16N6O3S2. The van der Waals surface area contributed by atoms with Crippen LogP contribution in [0.25, 0.3) is 11.0 Å². The predicted octanol–water partition coefficient (Wildman–Crippen LogP) is 0.655. The van der Waals surface area contributed by atoms with Crippen LogP contribution in [0.2, 0.25) is 0 Å². The zero-order valence-electron chi connectivity index (χ0n) is 13.1. The van der Waals surface area contributed by atoms with Crippen molar-refractivity contribution in [3.63, 3.8) is 0 Å². The summed E-state index contributed by atoms with van der Waals surface area (Å²) < 4.78 is 27.7. The number of piperidine rings is 1. The van der Waals surface area contributed by atoms with Crippen LogP contribution in [0.1, 0.15) is 12.8 Å². The second kappa shape index (κ2) is 6.24. The van der Waals surface area contributed by atoms with E-state index in [0.29, 0.717) is 47.1 Å². The minimum absolute atomic E-state index is 0.133. The van der Waals surface area contributed by atoms with Crippen molar-refractivity contribution in [2.75, 3.05) is 18.0 Å². The summed E-state index contributed by atoms with van der Waals surface area (Å²) in [6.45, 7) is 1.19. The number of nitrogens with zero attached hydrogens (tertiary/aromatic N) is 3. The van der Waals surface area contributed by atoms with Gasteiger partial charge in [0.25, 0.3) is 5.56 Å². The van der Waals surface area contributed by atoms with E-state index in [9.17, 15) is 13.2 Å². The molecular weight excluding hydrogens is 364 g/mol. The molecule has 0 aromatic carbocycles. The molecule has 132 valence electrons. The van der Waals surface area contributed by atoms with Crippen LogP contribution in [0.5, 0.6) is 0 Å². The Balaban J connectivity index is 1.45. The van der Waals surface area contributed by atoms with E-state index in [1.165, 1.54) is 17.5 Å². The standard InChI is InChI=1S/C14H16N6O3S2/c21-13-10-8-15-18-12(10)16-14(17-13)20-5-3-9(4-6-20)19-25(22,23)11-2-1-7-24-11/h1-2,7-9,19H,3-6H2,(H2,15,16,17,18,21). The van der Waals surface area contributed by atoms with Crippen LogP contribution in [-0.4, -0.2) is 47.7 Å². The van der Waals surface area contributed by atoms with Crippen LogP contribution in [0, 0.1) is 0 Å². The Hall–Kier alpha value is -2.24. The van der Waals surface area contributed by atoms with Gasteiger partial charge in [-0.15, -0.1) is 11.3 Å². The maximum absolute atomic E-state index is 12.3. The quantitative estimate of drug-likeness (QED) is 0.611. The smallest absolute Gasteiger partial charge is 0.263 e. The highest BCUT2D eigenvalue weighted by Crippen LogP contribution is 2.20. The normalized spacial score (nSPS) is 16.6. The lowest BCUT2D eigenvalue weighted by Crippen LogP contribution is -2.45. The van der Waals surface area contributed by atoms with E-state index in [4.69, 9.17) is 0 Å².